The Labute approximate surface area is 136 Å². The first-order chi connectivity index (χ1) is 11.0. The second kappa shape index (κ2) is 6.18. The van der Waals surface area contributed by atoms with Gasteiger partial charge in [-0.05, 0) is 36.4 Å². The fraction of sp³-hybridized carbons (Fsp3) is 0.0625. The molecule has 0 aliphatic carbocycles. The van der Waals surface area contributed by atoms with Crippen molar-refractivity contribution in [2.75, 3.05) is 5.32 Å². The van der Waals surface area contributed by atoms with Crippen LogP contribution in [0.4, 0.5) is 15.9 Å². The van der Waals surface area contributed by atoms with Crippen molar-refractivity contribution in [1.29, 1.82) is 0 Å². The van der Waals surface area contributed by atoms with Gasteiger partial charge in [0.15, 0.2) is 0 Å². The summed E-state index contributed by atoms with van der Waals surface area (Å²) in [5.41, 5.74) is 1.25. The quantitative estimate of drug-likeness (QED) is 0.578. The van der Waals surface area contributed by atoms with E-state index >= 15 is 0 Å². The van der Waals surface area contributed by atoms with Crippen molar-refractivity contribution in [3.8, 4) is 5.75 Å². The Bertz CT molecular complexity index is 902. The molecule has 0 saturated heterocycles. The predicted octanol–water partition coefficient (Wildman–Crippen LogP) is 4.09. The summed E-state index contributed by atoms with van der Waals surface area (Å²) in [5.74, 6) is -0.0328. The van der Waals surface area contributed by atoms with Crippen LogP contribution >= 0.6 is 11.6 Å². The third-order valence-electron chi connectivity index (χ3n) is 3.05. The minimum Gasteiger partial charge on any atom is -0.427 e. The van der Waals surface area contributed by atoms with E-state index < -0.39 is 11.8 Å². The monoisotopic (exact) mass is 331 g/mol. The van der Waals surface area contributed by atoms with Crippen molar-refractivity contribution in [1.82, 2.24) is 9.97 Å². The topological polar surface area (TPSA) is 64.1 Å². The molecule has 0 spiro atoms. The van der Waals surface area contributed by atoms with Gasteiger partial charge in [-0.3, -0.25) is 4.79 Å². The van der Waals surface area contributed by atoms with Crippen molar-refractivity contribution < 1.29 is 13.9 Å². The van der Waals surface area contributed by atoms with E-state index in [4.69, 9.17) is 16.3 Å². The number of aromatic nitrogens is 2. The number of nitrogens with zero attached hydrogens (tertiary/aromatic N) is 2. The van der Waals surface area contributed by atoms with Crippen LogP contribution in [0.5, 0.6) is 5.75 Å². The third kappa shape index (κ3) is 3.37. The SMILES string of the molecule is CC(=O)Oc1ccc2ncnc(Nc3ccc(F)c(Cl)c3)c2c1. The number of carbonyl (C=O) groups excluding carboxylic acids is 1. The van der Waals surface area contributed by atoms with Crippen molar-refractivity contribution in [3.05, 3.63) is 53.6 Å². The number of esters is 1. The summed E-state index contributed by atoms with van der Waals surface area (Å²) in [6, 6.07) is 9.29. The van der Waals surface area contributed by atoms with Gasteiger partial charge in [-0.25, -0.2) is 14.4 Å². The molecular formula is C16H11ClFN3O2. The molecule has 3 rings (SSSR count). The fourth-order valence-electron chi connectivity index (χ4n) is 2.08. The van der Waals surface area contributed by atoms with Gasteiger partial charge in [0.2, 0.25) is 0 Å². The number of hydrogen-bond donors (Lipinski definition) is 1. The van der Waals surface area contributed by atoms with Gasteiger partial charge in [-0.1, -0.05) is 11.6 Å². The minimum atomic E-state index is -0.498. The smallest absolute Gasteiger partial charge is 0.308 e. The van der Waals surface area contributed by atoms with Crippen molar-refractivity contribution in [2.45, 2.75) is 6.92 Å². The number of benzene rings is 2. The van der Waals surface area contributed by atoms with E-state index in [9.17, 15) is 9.18 Å². The van der Waals surface area contributed by atoms with Crippen molar-refractivity contribution >= 4 is 40.0 Å². The molecule has 1 heterocycles. The molecule has 7 heteroatoms. The molecule has 0 amide bonds. The van der Waals surface area contributed by atoms with Gasteiger partial charge in [-0.2, -0.15) is 0 Å². The molecule has 1 N–H and O–H groups in total. The van der Waals surface area contributed by atoms with Crippen LogP contribution in [-0.2, 0) is 4.79 Å². The van der Waals surface area contributed by atoms with Gasteiger partial charge in [-0.15, -0.1) is 0 Å². The van der Waals surface area contributed by atoms with Crippen LogP contribution in [-0.4, -0.2) is 15.9 Å². The van der Waals surface area contributed by atoms with E-state index in [0.29, 0.717) is 28.2 Å². The van der Waals surface area contributed by atoms with E-state index in [1.54, 1.807) is 24.3 Å². The van der Waals surface area contributed by atoms with Crippen LogP contribution in [0.3, 0.4) is 0 Å². The molecule has 0 saturated carbocycles. The molecule has 0 aliphatic heterocycles. The third-order valence-corrected chi connectivity index (χ3v) is 3.34. The number of carbonyl (C=O) groups is 1. The Morgan fingerprint density at radius 1 is 1.22 bits per heavy atom. The maximum atomic E-state index is 13.2. The lowest BCUT2D eigenvalue weighted by atomic mass is 10.2. The summed E-state index contributed by atoms with van der Waals surface area (Å²) < 4.78 is 18.3. The van der Waals surface area contributed by atoms with Crippen LogP contribution in [0.15, 0.2) is 42.7 Å². The Kier molecular flexibility index (Phi) is 4.08. The molecule has 0 bridgehead atoms. The normalized spacial score (nSPS) is 10.6. The second-order valence-corrected chi connectivity index (χ2v) is 5.16. The molecule has 2 aromatic carbocycles. The van der Waals surface area contributed by atoms with E-state index in [-0.39, 0.29) is 5.02 Å². The molecule has 0 aliphatic rings. The van der Waals surface area contributed by atoms with Gasteiger partial charge >= 0.3 is 5.97 Å². The lowest BCUT2D eigenvalue weighted by Gasteiger charge is -2.10. The lowest BCUT2D eigenvalue weighted by Crippen LogP contribution is -2.02. The van der Waals surface area contributed by atoms with Crippen LogP contribution in [0.1, 0.15) is 6.92 Å². The Hall–Kier alpha value is -2.73. The largest absolute Gasteiger partial charge is 0.427 e. The van der Waals surface area contributed by atoms with Crippen LogP contribution in [0.25, 0.3) is 10.9 Å². The zero-order valence-corrected chi connectivity index (χ0v) is 12.8. The molecule has 5 nitrogen and oxygen atoms in total. The first-order valence-electron chi connectivity index (χ1n) is 6.68. The zero-order valence-electron chi connectivity index (χ0n) is 12.0. The summed E-state index contributed by atoms with van der Waals surface area (Å²) in [5, 5.41) is 3.72. The van der Waals surface area contributed by atoms with Crippen molar-refractivity contribution in [2.24, 2.45) is 0 Å². The molecule has 3 aromatic rings. The van der Waals surface area contributed by atoms with E-state index in [2.05, 4.69) is 15.3 Å². The summed E-state index contributed by atoms with van der Waals surface area (Å²) in [6.07, 6.45) is 1.40. The van der Waals surface area contributed by atoms with E-state index in [1.165, 1.54) is 25.4 Å². The molecule has 116 valence electrons. The van der Waals surface area contributed by atoms with E-state index in [1.807, 2.05) is 0 Å². The first-order valence-corrected chi connectivity index (χ1v) is 7.06. The number of hydrogen-bond acceptors (Lipinski definition) is 5. The summed E-state index contributed by atoms with van der Waals surface area (Å²) in [7, 11) is 0. The van der Waals surface area contributed by atoms with E-state index in [0.717, 1.165) is 0 Å². The Morgan fingerprint density at radius 2 is 2.04 bits per heavy atom. The maximum absolute atomic E-state index is 13.2. The Balaban J connectivity index is 2.01. The standard InChI is InChI=1S/C16H11ClFN3O2/c1-9(22)23-11-3-5-15-12(7-11)16(20-8-19-15)21-10-2-4-14(18)13(17)6-10/h2-8H,1H3,(H,19,20,21). The molecular weight excluding hydrogens is 321 g/mol. The predicted molar refractivity (Wildman–Crippen MR) is 85.5 cm³/mol. The van der Waals surface area contributed by atoms with Gasteiger partial charge < -0.3 is 10.1 Å². The average Bonchev–Trinajstić information content (AvgIpc) is 2.51. The number of rotatable bonds is 3. The minimum absolute atomic E-state index is 0.00830. The molecule has 0 fully saturated rings. The van der Waals surface area contributed by atoms with Crippen LogP contribution in [0, 0.1) is 5.82 Å². The summed E-state index contributed by atoms with van der Waals surface area (Å²) in [6.45, 7) is 1.32. The number of halogens is 2. The number of anilines is 2. The molecule has 1 aromatic heterocycles. The highest BCUT2D eigenvalue weighted by Crippen LogP contribution is 2.28. The summed E-state index contributed by atoms with van der Waals surface area (Å²) in [4.78, 5) is 19.4. The highest BCUT2D eigenvalue weighted by atomic mass is 35.5. The number of fused-ring (bicyclic) bond motifs is 1. The molecule has 0 radical (unpaired) electrons. The highest BCUT2D eigenvalue weighted by molar-refractivity contribution is 6.31. The highest BCUT2D eigenvalue weighted by Gasteiger charge is 2.08. The summed E-state index contributed by atoms with van der Waals surface area (Å²) >= 11 is 5.78. The van der Waals surface area contributed by atoms with Gasteiger partial charge in [0.1, 0.15) is 23.7 Å². The number of ether oxygens (including phenoxy) is 1. The maximum Gasteiger partial charge on any atom is 0.308 e. The Morgan fingerprint density at radius 3 is 2.78 bits per heavy atom. The van der Waals surface area contributed by atoms with Gasteiger partial charge in [0.25, 0.3) is 0 Å². The van der Waals surface area contributed by atoms with Crippen LogP contribution in [0.2, 0.25) is 5.02 Å². The van der Waals surface area contributed by atoms with Crippen molar-refractivity contribution in [3.63, 3.8) is 0 Å². The number of nitrogens with one attached hydrogen (secondary N) is 1. The lowest BCUT2D eigenvalue weighted by molar-refractivity contribution is -0.131. The van der Waals surface area contributed by atoms with Gasteiger partial charge in [0, 0.05) is 18.0 Å². The molecule has 23 heavy (non-hydrogen) atoms. The molecule has 0 atom stereocenters. The zero-order chi connectivity index (χ0) is 16.4. The second-order valence-electron chi connectivity index (χ2n) is 4.75. The average molecular weight is 332 g/mol. The van der Waals surface area contributed by atoms with Gasteiger partial charge in [0.05, 0.1) is 10.5 Å². The molecule has 0 unspecified atom stereocenters. The first kappa shape index (κ1) is 15.2. The fourth-order valence-corrected chi connectivity index (χ4v) is 2.26. The van der Waals surface area contributed by atoms with Crippen LogP contribution < -0.4 is 10.1 Å².